The second-order valence-corrected chi connectivity index (χ2v) is 8.71. The number of nitrogens with one attached hydrogen (secondary N) is 1. The predicted octanol–water partition coefficient (Wildman–Crippen LogP) is 4.05. The van der Waals surface area contributed by atoms with Gasteiger partial charge in [-0.3, -0.25) is 9.36 Å². The molecule has 0 unspecified atom stereocenters. The number of hydrogen-bond donors (Lipinski definition) is 1. The van der Waals surface area contributed by atoms with Crippen LogP contribution in [0.15, 0.2) is 89.7 Å². The van der Waals surface area contributed by atoms with E-state index < -0.39 is 0 Å². The number of H-pyrrole nitrogens is 1. The molecule has 1 N–H and O–H groups in total. The molecule has 1 saturated heterocycles. The number of rotatable bonds is 4. The summed E-state index contributed by atoms with van der Waals surface area (Å²) >= 11 is 0. The van der Waals surface area contributed by atoms with E-state index in [-0.39, 0.29) is 23.5 Å². The summed E-state index contributed by atoms with van der Waals surface area (Å²) in [5.74, 6) is 0.609. The van der Waals surface area contributed by atoms with Crippen molar-refractivity contribution in [1.82, 2.24) is 29.2 Å². The van der Waals surface area contributed by atoms with E-state index in [2.05, 4.69) is 15.1 Å². The Bertz CT molecular complexity index is 1490. The first-order valence-electron chi connectivity index (χ1n) is 11.8. The van der Waals surface area contributed by atoms with E-state index in [1.807, 2.05) is 89.5 Å². The highest BCUT2D eigenvalue weighted by molar-refractivity contribution is 5.91. The maximum Gasteiger partial charge on any atom is 0.326 e. The van der Waals surface area contributed by atoms with Crippen molar-refractivity contribution in [2.75, 3.05) is 13.1 Å². The number of aromatic amines is 1. The molecule has 0 atom stereocenters. The summed E-state index contributed by atoms with van der Waals surface area (Å²) in [7, 11) is 0. The summed E-state index contributed by atoms with van der Waals surface area (Å²) in [5.41, 5.74) is 3.36. The largest absolute Gasteiger partial charge is 0.336 e. The van der Waals surface area contributed by atoms with Crippen molar-refractivity contribution in [3.63, 3.8) is 0 Å². The lowest BCUT2D eigenvalue weighted by atomic mass is 10.0. The van der Waals surface area contributed by atoms with E-state index in [4.69, 9.17) is 0 Å². The molecular formula is C27H24N6O2. The zero-order valence-corrected chi connectivity index (χ0v) is 19.0. The molecule has 3 aromatic carbocycles. The number of nitrogens with zero attached hydrogens (tertiary/aromatic N) is 5. The first kappa shape index (κ1) is 21.1. The Labute approximate surface area is 201 Å². The van der Waals surface area contributed by atoms with E-state index in [0.717, 1.165) is 22.3 Å². The van der Waals surface area contributed by atoms with Crippen LogP contribution in [0.1, 0.15) is 29.5 Å². The number of benzene rings is 3. The molecule has 8 nitrogen and oxygen atoms in total. The fraction of sp³-hybridized carbons (Fsp3) is 0.185. The number of aromatic nitrogens is 5. The maximum atomic E-state index is 13.4. The SMILES string of the molecule is O=C(c1nc(-c2ccccc2)n(-c2ccccc2)n1)N1CCC(n2c(=O)[nH]c3ccccc32)CC1. The minimum atomic E-state index is -0.193. The first-order chi connectivity index (χ1) is 17.2. The van der Waals surface area contributed by atoms with Gasteiger partial charge in [-0.15, -0.1) is 5.10 Å². The van der Waals surface area contributed by atoms with E-state index in [1.165, 1.54) is 0 Å². The van der Waals surface area contributed by atoms with Crippen LogP contribution >= 0.6 is 0 Å². The molecule has 0 spiro atoms. The van der Waals surface area contributed by atoms with Crippen molar-refractivity contribution in [1.29, 1.82) is 0 Å². The lowest BCUT2D eigenvalue weighted by Crippen LogP contribution is -2.41. The molecule has 8 heteroatoms. The number of amides is 1. The molecular weight excluding hydrogens is 440 g/mol. The van der Waals surface area contributed by atoms with Crippen molar-refractivity contribution in [2.24, 2.45) is 0 Å². The predicted molar refractivity (Wildman–Crippen MR) is 134 cm³/mol. The van der Waals surface area contributed by atoms with Crippen molar-refractivity contribution in [3.05, 3.63) is 101 Å². The number of hydrogen-bond acceptors (Lipinski definition) is 4. The normalized spacial score (nSPS) is 14.5. The molecule has 1 fully saturated rings. The summed E-state index contributed by atoms with van der Waals surface area (Å²) < 4.78 is 3.55. The molecule has 1 aliphatic heterocycles. The van der Waals surface area contributed by atoms with Crippen molar-refractivity contribution in [3.8, 4) is 17.1 Å². The van der Waals surface area contributed by atoms with Gasteiger partial charge in [-0.1, -0.05) is 60.7 Å². The summed E-state index contributed by atoms with van der Waals surface area (Å²) in [5, 5.41) is 4.61. The molecule has 0 radical (unpaired) electrons. The van der Waals surface area contributed by atoms with Crippen molar-refractivity contribution in [2.45, 2.75) is 18.9 Å². The molecule has 0 aliphatic carbocycles. The lowest BCUT2D eigenvalue weighted by Gasteiger charge is -2.31. The van der Waals surface area contributed by atoms with E-state index >= 15 is 0 Å². The summed E-state index contributed by atoms with van der Waals surface area (Å²) in [6, 6.07) is 27.2. The second-order valence-electron chi connectivity index (χ2n) is 8.71. The summed E-state index contributed by atoms with van der Waals surface area (Å²) in [6.07, 6.45) is 1.39. The van der Waals surface area contributed by atoms with Gasteiger partial charge in [-0.05, 0) is 37.1 Å². The highest BCUT2D eigenvalue weighted by Crippen LogP contribution is 2.26. The van der Waals surface area contributed by atoms with Crippen LogP contribution in [-0.2, 0) is 0 Å². The average molecular weight is 465 g/mol. The molecule has 5 aromatic rings. The Morgan fingerprint density at radius 2 is 1.51 bits per heavy atom. The van der Waals surface area contributed by atoms with Crippen LogP contribution in [-0.4, -0.2) is 48.2 Å². The zero-order valence-electron chi connectivity index (χ0n) is 19.0. The number of imidazole rings is 1. The second kappa shape index (κ2) is 8.72. The number of carbonyl (C=O) groups excluding carboxylic acids is 1. The van der Waals surface area contributed by atoms with Crippen molar-refractivity contribution < 1.29 is 4.79 Å². The highest BCUT2D eigenvalue weighted by atomic mass is 16.2. The monoisotopic (exact) mass is 464 g/mol. The fourth-order valence-corrected chi connectivity index (χ4v) is 4.83. The van der Waals surface area contributed by atoms with Gasteiger partial charge in [0.2, 0.25) is 5.82 Å². The fourth-order valence-electron chi connectivity index (χ4n) is 4.83. The van der Waals surface area contributed by atoms with Gasteiger partial charge in [0.15, 0.2) is 5.82 Å². The van der Waals surface area contributed by atoms with Gasteiger partial charge >= 0.3 is 5.69 Å². The van der Waals surface area contributed by atoms with E-state index in [1.54, 1.807) is 9.58 Å². The van der Waals surface area contributed by atoms with Gasteiger partial charge in [0.1, 0.15) is 0 Å². The number of likely N-dealkylation sites (tertiary alicyclic amines) is 1. The standard InChI is InChI=1S/C27H24N6O2/c34-26(31-17-15-20(16-18-31)32-23-14-8-7-13-22(23)28-27(32)35)24-29-25(19-9-3-1-4-10-19)33(30-24)21-11-5-2-6-12-21/h1-14,20H,15-18H2,(H,28,35). The van der Waals surface area contributed by atoms with Crippen LogP contribution < -0.4 is 5.69 Å². The third kappa shape index (κ3) is 3.82. The van der Waals surface area contributed by atoms with Gasteiger partial charge < -0.3 is 9.88 Å². The van der Waals surface area contributed by atoms with Crippen LogP contribution in [0.25, 0.3) is 28.1 Å². The van der Waals surface area contributed by atoms with Crippen LogP contribution in [0.5, 0.6) is 0 Å². The minimum Gasteiger partial charge on any atom is -0.336 e. The van der Waals surface area contributed by atoms with Gasteiger partial charge in [0.05, 0.1) is 16.7 Å². The minimum absolute atomic E-state index is 0.0393. The van der Waals surface area contributed by atoms with Gasteiger partial charge in [-0.2, -0.15) is 0 Å². The molecule has 0 bridgehead atoms. The van der Waals surface area contributed by atoms with Crippen LogP contribution in [0.2, 0.25) is 0 Å². The zero-order chi connectivity index (χ0) is 23.8. The van der Waals surface area contributed by atoms with Crippen LogP contribution in [0.4, 0.5) is 0 Å². The van der Waals surface area contributed by atoms with Crippen molar-refractivity contribution >= 4 is 16.9 Å². The third-order valence-corrected chi connectivity index (χ3v) is 6.57. The number of carbonyl (C=O) groups is 1. The third-order valence-electron chi connectivity index (χ3n) is 6.57. The smallest absolute Gasteiger partial charge is 0.326 e. The van der Waals surface area contributed by atoms with E-state index in [0.29, 0.717) is 31.8 Å². The van der Waals surface area contributed by atoms with Crippen LogP contribution in [0.3, 0.4) is 0 Å². The van der Waals surface area contributed by atoms with Gasteiger partial charge in [-0.25, -0.2) is 14.5 Å². The Morgan fingerprint density at radius 1 is 0.857 bits per heavy atom. The number of fused-ring (bicyclic) bond motifs is 1. The molecule has 1 aliphatic rings. The topological polar surface area (TPSA) is 88.8 Å². The maximum absolute atomic E-state index is 13.4. The van der Waals surface area contributed by atoms with Crippen LogP contribution in [0, 0.1) is 0 Å². The highest BCUT2D eigenvalue weighted by Gasteiger charge is 2.29. The quantitative estimate of drug-likeness (QED) is 0.435. The number of piperidine rings is 1. The molecule has 174 valence electrons. The Morgan fingerprint density at radius 3 is 2.26 bits per heavy atom. The summed E-state index contributed by atoms with van der Waals surface area (Å²) in [6.45, 7) is 1.08. The molecule has 2 aromatic heterocycles. The van der Waals surface area contributed by atoms with Gasteiger partial charge in [0, 0.05) is 24.7 Å². The number of para-hydroxylation sites is 3. The Hall–Kier alpha value is -4.46. The molecule has 3 heterocycles. The average Bonchev–Trinajstić information content (AvgIpc) is 3.50. The van der Waals surface area contributed by atoms with E-state index in [9.17, 15) is 9.59 Å². The van der Waals surface area contributed by atoms with Gasteiger partial charge in [0.25, 0.3) is 5.91 Å². The lowest BCUT2D eigenvalue weighted by molar-refractivity contribution is 0.0682. The first-order valence-corrected chi connectivity index (χ1v) is 11.8. The Kier molecular flexibility index (Phi) is 5.25. The summed E-state index contributed by atoms with van der Waals surface area (Å²) in [4.78, 5) is 35.4. The molecule has 0 saturated carbocycles. The Balaban J connectivity index is 1.26. The molecule has 6 rings (SSSR count). The molecule has 1 amide bonds. The molecule has 35 heavy (non-hydrogen) atoms.